The van der Waals surface area contributed by atoms with Gasteiger partial charge in [-0.2, -0.15) is 0 Å². The minimum Gasteiger partial charge on any atom is -0.493 e. The van der Waals surface area contributed by atoms with Gasteiger partial charge in [-0.25, -0.2) is 4.98 Å². The molecule has 144 valence electrons. The monoisotopic (exact) mass is 392 g/mol. The topological polar surface area (TPSA) is 116 Å². The molecular weight excluding hydrogens is 372 g/mol. The van der Waals surface area contributed by atoms with Gasteiger partial charge in [-0.15, -0.1) is 11.3 Å². The van der Waals surface area contributed by atoms with Crippen LogP contribution in [0.3, 0.4) is 0 Å². The minimum atomic E-state index is -0.594. The van der Waals surface area contributed by atoms with Gasteiger partial charge in [0, 0.05) is 24.0 Å². The predicted molar refractivity (Wildman–Crippen MR) is 99.5 cm³/mol. The number of nitro benzene ring substituents is 1. The fourth-order valence-electron chi connectivity index (χ4n) is 2.85. The van der Waals surface area contributed by atoms with Crippen LogP contribution < -0.4 is 20.1 Å². The fourth-order valence-corrected chi connectivity index (χ4v) is 3.40. The van der Waals surface area contributed by atoms with Gasteiger partial charge in [0.1, 0.15) is 12.2 Å². The second-order valence-corrected chi connectivity index (χ2v) is 6.78. The molecule has 1 aliphatic rings. The van der Waals surface area contributed by atoms with Crippen molar-refractivity contribution in [3.63, 3.8) is 0 Å². The van der Waals surface area contributed by atoms with Crippen molar-refractivity contribution in [2.45, 2.75) is 25.5 Å². The van der Waals surface area contributed by atoms with Gasteiger partial charge in [-0.3, -0.25) is 14.9 Å². The number of nitrogens with one attached hydrogen (secondary N) is 2. The highest BCUT2D eigenvalue weighted by Gasteiger charge is 2.26. The zero-order chi connectivity index (χ0) is 19.2. The van der Waals surface area contributed by atoms with Crippen LogP contribution in [0.5, 0.6) is 11.5 Å². The molecule has 0 saturated carbocycles. The van der Waals surface area contributed by atoms with Gasteiger partial charge >= 0.3 is 0 Å². The molecule has 9 nitrogen and oxygen atoms in total. The third-order valence-corrected chi connectivity index (χ3v) is 4.85. The number of carbonyl (C=O) groups excluding carboxylic acids is 1. The number of hydrogen-bond donors (Lipinski definition) is 2. The Kier molecular flexibility index (Phi) is 6.20. The van der Waals surface area contributed by atoms with Gasteiger partial charge < -0.3 is 20.1 Å². The molecule has 0 radical (unpaired) electrons. The highest BCUT2D eigenvalue weighted by molar-refractivity contribution is 7.07. The van der Waals surface area contributed by atoms with E-state index in [0.29, 0.717) is 12.2 Å². The van der Waals surface area contributed by atoms with Gasteiger partial charge in [0.25, 0.3) is 11.6 Å². The van der Waals surface area contributed by atoms with Gasteiger partial charge in [0.05, 0.1) is 29.3 Å². The normalized spacial score (nSPS) is 16.6. The van der Waals surface area contributed by atoms with Crippen molar-refractivity contribution in [2.24, 2.45) is 0 Å². The number of nitrogens with zero attached hydrogens (tertiary/aromatic N) is 2. The Morgan fingerprint density at radius 1 is 1.48 bits per heavy atom. The summed E-state index contributed by atoms with van der Waals surface area (Å²) in [5.74, 6) is -0.0596. The number of hydrogen-bond acceptors (Lipinski definition) is 8. The Bertz CT molecular complexity index is 806. The average Bonchev–Trinajstić information content (AvgIpc) is 3.20. The summed E-state index contributed by atoms with van der Waals surface area (Å²) in [6, 6.07) is 2.51. The maximum absolute atomic E-state index is 12.6. The molecule has 0 bridgehead atoms. The lowest BCUT2D eigenvalue weighted by molar-refractivity contribution is -0.385. The Labute approximate surface area is 159 Å². The molecule has 1 fully saturated rings. The smallest absolute Gasteiger partial charge is 0.286 e. The summed E-state index contributed by atoms with van der Waals surface area (Å²) in [7, 11) is 1.42. The summed E-state index contributed by atoms with van der Waals surface area (Å²) in [5.41, 5.74) is 2.00. The number of methoxy groups -OCH3 is 1. The Hall–Kier alpha value is -2.72. The van der Waals surface area contributed by atoms with E-state index in [9.17, 15) is 14.9 Å². The number of benzene rings is 1. The molecule has 1 aromatic carbocycles. The molecule has 10 heteroatoms. The molecule has 27 heavy (non-hydrogen) atoms. The van der Waals surface area contributed by atoms with E-state index in [2.05, 4.69) is 15.6 Å². The molecule has 2 heterocycles. The van der Waals surface area contributed by atoms with Crippen molar-refractivity contribution in [3.8, 4) is 11.5 Å². The third kappa shape index (κ3) is 4.72. The first-order valence-electron chi connectivity index (χ1n) is 8.46. The lowest BCUT2D eigenvalue weighted by Gasteiger charge is -2.23. The number of amides is 1. The van der Waals surface area contributed by atoms with Crippen molar-refractivity contribution in [3.05, 3.63) is 44.4 Å². The van der Waals surface area contributed by atoms with E-state index in [-0.39, 0.29) is 35.4 Å². The maximum Gasteiger partial charge on any atom is 0.286 e. The molecule has 1 atom stereocenters. The molecule has 1 aromatic heterocycles. The second-order valence-electron chi connectivity index (χ2n) is 6.06. The number of rotatable bonds is 7. The Morgan fingerprint density at radius 2 is 2.33 bits per heavy atom. The van der Waals surface area contributed by atoms with Crippen LogP contribution in [0.1, 0.15) is 28.9 Å². The summed E-state index contributed by atoms with van der Waals surface area (Å²) in [6.07, 6.45) is 1.78. The summed E-state index contributed by atoms with van der Waals surface area (Å²) in [5, 5.41) is 19.4. The quantitative estimate of drug-likeness (QED) is 0.548. The van der Waals surface area contributed by atoms with Crippen LogP contribution in [-0.2, 0) is 6.61 Å². The maximum atomic E-state index is 12.6. The lowest BCUT2D eigenvalue weighted by Crippen LogP contribution is -2.45. The van der Waals surface area contributed by atoms with E-state index in [1.54, 1.807) is 5.51 Å². The zero-order valence-electron chi connectivity index (χ0n) is 14.8. The standard InChI is InChI=1S/C17H20N4O5S/c1-25-15-5-13(17(22)20-11-3-2-4-18-7-11)14(21(23)24)6-16(15)26-8-12-9-27-10-19-12/h5-6,9-11,18H,2-4,7-8H2,1H3,(H,20,22). The van der Waals surface area contributed by atoms with Crippen molar-refractivity contribution in [1.29, 1.82) is 0 Å². The highest BCUT2D eigenvalue weighted by Crippen LogP contribution is 2.35. The lowest BCUT2D eigenvalue weighted by atomic mass is 10.1. The summed E-state index contributed by atoms with van der Waals surface area (Å²) >= 11 is 1.43. The van der Waals surface area contributed by atoms with Crippen molar-refractivity contribution in [2.75, 3.05) is 20.2 Å². The molecule has 2 N–H and O–H groups in total. The molecule has 0 aliphatic carbocycles. The van der Waals surface area contributed by atoms with Crippen LogP contribution in [0.2, 0.25) is 0 Å². The van der Waals surface area contributed by atoms with E-state index >= 15 is 0 Å². The van der Waals surface area contributed by atoms with Gasteiger partial charge in [0.15, 0.2) is 11.5 Å². The molecule has 3 rings (SSSR count). The van der Waals surface area contributed by atoms with E-state index in [4.69, 9.17) is 9.47 Å². The number of piperidine rings is 1. The third-order valence-electron chi connectivity index (χ3n) is 4.21. The van der Waals surface area contributed by atoms with Crippen LogP contribution in [0.25, 0.3) is 0 Å². The predicted octanol–water partition coefficient (Wildman–Crippen LogP) is 2.12. The van der Waals surface area contributed by atoms with Crippen LogP contribution in [0, 0.1) is 10.1 Å². The number of nitro groups is 1. The SMILES string of the molecule is COc1cc(C(=O)NC2CCCNC2)c([N+](=O)[O-])cc1OCc1cscn1. The van der Waals surface area contributed by atoms with Crippen LogP contribution in [-0.4, -0.2) is 42.1 Å². The van der Waals surface area contributed by atoms with Crippen LogP contribution in [0.15, 0.2) is 23.0 Å². The van der Waals surface area contributed by atoms with E-state index in [1.165, 1.54) is 30.6 Å². The first kappa shape index (κ1) is 19.1. The molecule has 0 spiro atoms. The van der Waals surface area contributed by atoms with Crippen LogP contribution >= 0.6 is 11.3 Å². The molecule has 1 unspecified atom stereocenters. The number of ether oxygens (including phenoxy) is 2. The van der Waals surface area contributed by atoms with E-state index in [0.717, 1.165) is 19.4 Å². The first-order valence-corrected chi connectivity index (χ1v) is 9.40. The molecule has 1 amide bonds. The van der Waals surface area contributed by atoms with E-state index < -0.39 is 10.8 Å². The van der Waals surface area contributed by atoms with Crippen LogP contribution in [0.4, 0.5) is 5.69 Å². The van der Waals surface area contributed by atoms with Gasteiger partial charge in [-0.05, 0) is 19.4 Å². The van der Waals surface area contributed by atoms with Crippen molar-refractivity contribution in [1.82, 2.24) is 15.6 Å². The number of carbonyl (C=O) groups is 1. The Balaban J connectivity index is 1.83. The second kappa shape index (κ2) is 8.78. The molecular formula is C17H20N4O5S. The molecule has 2 aromatic rings. The largest absolute Gasteiger partial charge is 0.493 e. The molecule has 1 aliphatic heterocycles. The number of aromatic nitrogens is 1. The highest BCUT2D eigenvalue weighted by atomic mass is 32.1. The van der Waals surface area contributed by atoms with E-state index in [1.807, 2.05) is 5.38 Å². The van der Waals surface area contributed by atoms with Gasteiger partial charge in [0.2, 0.25) is 0 Å². The summed E-state index contributed by atoms with van der Waals surface area (Å²) in [6.45, 7) is 1.70. The number of thiazole rings is 1. The average molecular weight is 392 g/mol. The Morgan fingerprint density at radius 3 is 2.96 bits per heavy atom. The minimum absolute atomic E-state index is 0.0524. The summed E-state index contributed by atoms with van der Waals surface area (Å²) in [4.78, 5) is 27.6. The van der Waals surface area contributed by atoms with Crippen molar-refractivity contribution < 1.29 is 19.2 Å². The molecule has 1 saturated heterocycles. The zero-order valence-corrected chi connectivity index (χ0v) is 15.6. The fraction of sp³-hybridized carbons (Fsp3) is 0.412. The van der Waals surface area contributed by atoms with Gasteiger partial charge in [-0.1, -0.05) is 0 Å². The summed E-state index contributed by atoms with van der Waals surface area (Å²) < 4.78 is 10.9. The first-order chi connectivity index (χ1) is 13.1. The van der Waals surface area contributed by atoms with Crippen molar-refractivity contribution >= 4 is 22.9 Å².